The molecule has 1 saturated heterocycles. The Morgan fingerprint density at radius 3 is 2.11 bits per heavy atom. The predicted octanol–water partition coefficient (Wildman–Crippen LogP) is -0.356. The summed E-state index contributed by atoms with van der Waals surface area (Å²) in [6, 6.07) is 0. The Bertz CT molecular complexity index is 74.0. The largest absolute Gasteiger partial charge is 0.373 e. The molecule has 0 aromatic heterocycles. The molecule has 0 bridgehead atoms. The van der Waals surface area contributed by atoms with Crippen LogP contribution in [0, 0.1) is 0 Å². The van der Waals surface area contributed by atoms with Crippen LogP contribution in [-0.2, 0) is 4.74 Å². The standard InChI is InChI=1S/C6H14BNO/c1-5-3-8(7)4-6(2)9-5/h5-6H,3-4,7H2,1-2H3. The van der Waals surface area contributed by atoms with Gasteiger partial charge in [0.1, 0.15) is 0 Å². The molecule has 1 aliphatic heterocycles. The summed E-state index contributed by atoms with van der Waals surface area (Å²) in [5.74, 6) is 0. The van der Waals surface area contributed by atoms with Crippen LogP contribution in [0.1, 0.15) is 13.8 Å². The van der Waals surface area contributed by atoms with Crippen molar-refractivity contribution >= 4 is 7.98 Å². The average Bonchev–Trinajstić information content (AvgIpc) is 1.59. The van der Waals surface area contributed by atoms with Gasteiger partial charge in [-0.25, -0.2) is 0 Å². The topological polar surface area (TPSA) is 12.5 Å². The van der Waals surface area contributed by atoms with Crippen molar-refractivity contribution < 1.29 is 4.74 Å². The fourth-order valence-corrected chi connectivity index (χ4v) is 1.44. The van der Waals surface area contributed by atoms with E-state index in [4.69, 9.17) is 4.74 Å². The van der Waals surface area contributed by atoms with E-state index >= 15 is 0 Å². The van der Waals surface area contributed by atoms with Crippen LogP contribution in [0.3, 0.4) is 0 Å². The van der Waals surface area contributed by atoms with Gasteiger partial charge in [0.15, 0.2) is 7.98 Å². The summed E-state index contributed by atoms with van der Waals surface area (Å²) in [6.07, 6.45) is 0.831. The van der Waals surface area contributed by atoms with E-state index in [1.807, 2.05) is 0 Å². The number of hydrogen-bond acceptors (Lipinski definition) is 2. The SMILES string of the molecule is BN1CC(C)OC(C)C1. The normalized spacial score (nSPS) is 38.9. The summed E-state index contributed by atoms with van der Waals surface area (Å²) in [4.78, 5) is 2.30. The Hall–Kier alpha value is -0.0151. The summed E-state index contributed by atoms with van der Waals surface area (Å²) in [5.41, 5.74) is 0. The van der Waals surface area contributed by atoms with Crippen LogP contribution in [-0.4, -0.2) is 38.1 Å². The summed E-state index contributed by atoms with van der Waals surface area (Å²) < 4.78 is 5.51. The van der Waals surface area contributed by atoms with Gasteiger partial charge in [0.25, 0.3) is 0 Å². The third-order valence-electron chi connectivity index (χ3n) is 1.60. The molecule has 2 unspecified atom stereocenters. The molecule has 1 fully saturated rings. The highest BCUT2D eigenvalue weighted by atomic mass is 16.5. The zero-order valence-corrected chi connectivity index (χ0v) is 6.42. The van der Waals surface area contributed by atoms with Gasteiger partial charge < -0.3 is 9.55 Å². The Morgan fingerprint density at radius 1 is 1.33 bits per heavy atom. The Balaban J connectivity index is 2.34. The quantitative estimate of drug-likeness (QED) is 0.412. The molecule has 0 N–H and O–H groups in total. The van der Waals surface area contributed by atoms with Crippen molar-refractivity contribution in [1.82, 2.24) is 4.81 Å². The van der Waals surface area contributed by atoms with Gasteiger partial charge in [-0.05, 0) is 13.8 Å². The van der Waals surface area contributed by atoms with Gasteiger partial charge in [0.2, 0.25) is 0 Å². The highest BCUT2D eigenvalue weighted by molar-refractivity contribution is 6.04. The molecular formula is C6H14BNO. The van der Waals surface area contributed by atoms with Gasteiger partial charge in [0.05, 0.1) is 12.2 Å². The lowest BCUT2D eigenvalue weighted by Gasteiger charge is -2.32. The zero-order valence-electron chi connectivity index (χ0n) is 6.42. The molecule has 1 aliphatic rings. The van der Waals surface area contributed by atoms with Crippen molar-refractivity contribution in [2.75, 3.05) is 13.1 Å². The first-order chi connectivity index (χ1) is 4.18. The lowest BCUT2D eigenvalue weighted by Crippen LogP contribution is -2.43. The maximum atomic E-state index is 5.51. The monoisotopic (exact) mass is 127 g/mol. The minimum absolute atomic E-state index is 0.416. The molecule has 0 spiro atoms. The molecule has 1 heterocycles. The van der Waals surface area contributed by atoms with E-state index in [1.165, 1.54) is 0 Å². The summed E-state index contributed by atoms with van der Waals surface area (Å²) >= 11 is 0. The van der Waals surface area contributed by atoms with E-state index in [1.54, 1.807) is 0 Å². The van der Waals surface area contributed by atoms with Gasteiger partial charge >= 0.3 is 0 Å². The molecule has 0 aliphatic carbocycles. The second kappa shape index (κ2) is 2.71. The highest BCUT2D eigenvalue weighted by Gasteiger charge is 2.17. The minimum Gasteiger partial charge on any atom is -0.373 e. The van der Waals surface area contributed by atoms with Gasteiger partial charge in [-0.3, -0.25) is 0 Å². The molecule has 0 aromatic rings. The van der Waals surface area contributed by atoms with E-state index in [9.17, 15) is 0 Å². The summed E-state index contributed by atoms with van der Waals surface area (Å²) in [7, 11) is 2.13. The van der Waals surface area contributed by atoms with Crippen LogP contribution in [0.5, 0.6) is 0 Å². The maximum absolute atomic E-state index is 5.51. The van der Waals surface area contributed by atoms with Crippen molar-refractivity contribution in [3.8, 4) is 0 Å². The zero-order chi connectivity index (χ0) is 6.85. The lowest BCUT2D eigenvalue weighted by molar-refractivity contribution is -0.0439. The van der Waals surface area contributed by atoms with E-state index in [0.717, 1.165) is 13.1 Å². The molecule has 0 saturated carbocycles. The highest BCUT2D eigenvalue weighted by Crippen LogP contribution is 2.06. The first kappa shape index (κ1) is 7.10. The Kier molecular flexibility index (Phi) is 2.14. The number of hydrogen-bond donors (Lipinski definition) is 0. The average molecular weight is 127 g/mol. The van der Waals surface area contributed by atoms with Gasteiger partial charge in [-0.1, -0.05) is 0 Å². The van der Waals surface area contributed by atoms with E-state index in [2.05, 4.69) is 26.6 Å². The number of ether oxygens (including phenoxy) is 1. The molecule has 52 valence electrons. The first-order valence-electron chi connectivity index (χ1n) is 3.52. The molecule has 0 aromatic carbocycles. The van der Waals surface area contributed by atoms with Gasteiger partial charge in [-0.15, -0.1) is 0 Å². The van der Waals surface area contributed by atoms with Gasteiger partial charge in [-0.2, -0.15) is 0 Å². The molecular weight excluding hydrogens is 113 g/mol. The van der Waals surface area contributed by atoms with E-state index in [0.29, 0.717) is 12.2 Å². The molecule has 2 nitrogen and oxygen atoms in total. The fraction of sp³-hybridized carbons (Fsp3) is 1.00. The van der Waals surface area contributed by atoms with Crippen LogP contribution in [0.2, 0.25) is 0 Å². The predicted molar refractivity (Wildman–Crippen MR) is 40.1 cm³/mol. The Morgan fingerprint density at radius 2 is 1.78 bits per heavy atom. The summed E-state index contributed by atoms with van der Waals surface area (Å²) in [6.45, 7) is 6.38. The summed E-state index contributed by atoms with van der Waals surface area (Å²) in [5, 5.41) is 0. The number of nitrogens with zero attached hydrogens (tertiary/aromatic N) is 1. The van der Waals surface area contributed by atoms with Crippen molar-refractivity contribution in [1.29, 1.82) is 0 Å². The van der Waals surface area contributed by atoms with Crippen molar-refractivity contribution in [3.05, 3.63) is 0 Å². The van der Waals surface area contributed by atoms with E-state index < -0.39 is 0 Å². The van der Waals surface area contributed by atoms with Crippen LogP contribution >= 0.6 is 0 Å². The van der Waals surface area contributed by atoms with Crippen LogP contribution < -0.4 is 0 Å². The lowest BCUT2D eigenvalue weighted by atomic mass is 10.1. The smallest absolute Gasteiger partial charge is 0.185 e. The van der Waals surface area contributed by atoms with Gasteiger partial charge in [0, 0.05) is 13.1 Å². The van der Waals surface area contributed by atoms with Crippen LogP contribution in [0.25, 0.3) is 0 Å². The molecule has 9 heavy (non-hydrogen) atoms. The minimum atomic E-state index is 0.416. The van der Waals surface area contributed by atoms with Crippen LogP contribution in [0.15, 0.2) is 0 Å². The van der Waals surface area contributed by atoms with Crippen LogP contribution in [0.4, 0.5) is 0 Å². The molecule has 2 atom stereocenters. The van der Waals surface area contributed by atoms with Crippen molar-refractivity contribution in [3.63, 3.8) is 0 Å². The maximum Gasteiger partial charge on any atom is 0.185 e. The second-order valence-corrected chi connectivity index (χ2v) is 2.98. The fourth-order valence-electron chi connectivity index (χ4n) is 1.44. The second-order valence-electron chi connectivity index (χ2n) is 2.98. The molecule has 3 heteroatoms. The third kappa shape index (κ3) is 1.99. The number of morpholine rings is 1. The Labute approximate surface area is 57.6 Å². The van der Waals surface area contributed by atoms with Crippen molar-refractivity contribution in [2.24, 2.45) is 0 Å². The molecule has 1 rings (SSSR count). The van der Waals surface area contributed by atoms with E-state index in [-0.39, 0.29) is 0 Å². The first-order valence-corrected chi connectivity index (χ1v) is 3.52. The molecule has 0 radical (unpaired) electrons. The third-order valence-corrected chi connectivity index (χ3v) is 1.60. The van der Waals surface area contributed by atoms with Crippen molar-refractivity contribution in [2.45, 2.75) is 26.1 Å². The molecule has 0 amide bonds. The number of rotatable bonds is 0.